The Labute approximate surface area is 126 Å². The summed E-state index contributed by atoms with van der Waals surface area (Å²) in [7, 11) is 0. The number of likely N-dealkylation sites (tertiary alicyclic amines) is 1. The zero-order chi connectivity index (χ0) is 15.5. The summed E-state index contributed by atoms with van der Waals surface area (Å²) in [5, 5.41) is 9.39. The fourth-order valence-corrected chi connectivity index (χ4v) is 2.98. The Morgan fingerprint density at radius 3 is 2.43 bits per heavy atom. The van der Waals surface area contributed by atoms with E-state index < -0.39 is 11.4 Å². The van der Waals surface area contributed by atoms with Crippen LogP contribution in [0.15, 0.2) is 0 Å². The third-order valence-electron chi connectivity index (χ3n) is 4.85. The lowest BCUT2D eigenvalue weighted by molar-refractivity contribution is -0.152. The molecule has 0 aromatic heterocycles. The molecule has 5 heteroatoms. The standard InChI is InChI=1S/C16H24N2O3/c1-3-9-18(12-13-5-6-13)15(21)17-10-7-16(4-2,8-11-17)14(19)20/h1,13H,4-12H2,2H3,(H,19,20). The molecule has 21 heavy (non-hydrogen) atoms. The highest BCUT2D eigenvalue weighted by molar-refractivity contribution is 5.77. The minimum absolute atomic E-state index is 0.0325. The maximum absolute atomic E-state index is 12.5. The van der Waals surface area contributed by atoms with E-state index in [4.69, 9.17) is 6.42 Å². The number of piperidine rings is 1. The normalized spacial score (nSPS) is 20.7. The first-order valence-corrected chi connectivity index (χ1v) is 7.73. The molecule has 2 fully saturated rings. The number of urea groups is 1. The quantitative estimate of drug-likeness (QED) is 0.789. The Hall–Kier alpha value is -1.70. The lowest BCUT2D eigenvalue weighted by Gasteiger charge is -2.40. The largest absolute Gasteiger partial charge is 0.481 e. The van der Waals surface area contributed by atoms with Crippen molar-refractivity contribution in [2.75, 3.05) is 26.2 Å². The van der Waals surface area contributed by atoms with Gasteiger partial charge in [0.1, 0.15) is 0 Å². The third kappa shape index (κ3) is 3.49. The molecule has 1 saturated heterocycles. The third-order valence-corrected chi connectivity index (χ3v) is 4.85. The molecule has 2 rings (SSSR count). The molecule has 0 aromatic rings. The number of carboxylic acid groups (broad SMARTS) is 1. The number of terminal acetylenes is 1. The lowest BCUT2D eigenvalue weighted by atomic mass is 9.76. The fourth-order valence-electron chi connectivity index (χ4n) is 2.98. The molecule has 0 radical (unpaired) electrons. The highest BCUT2D eigenvalue weighted by Crippen LogP contribution is 2.36. The Balaban J connectivity index is 1.94. The van der Waals surface area contributed by atoms with Crippen LogP contribution in [0.5, 0.6) is 0 Å². The van der Waals surface area contributed by atoms with Crippen molar-refractivity contribution >= 4 is 12.0 Å². The summed E-state index contributed by atoms with van der Waals surface area (Å²) in [6, 6.07) is -0.0325. The van der Waals surface area contributed by atoms with Gasteiger partial charge in [-0.3, -0.25) is 4.79 Å². The van der Waals surface area contributed by atoms with Crippen LogP contribution in [0.2, 0.25) is 0 Å². The van der Waals surface area contributed by atoms with Crippen LogP contribution in [0.4, 0.5) is 4.79 Å². The number of aliphatic carboxylic acids is 1. The van der Waals surface area contributed by atoms with Gasteiger partial charge in [0.2, 0.25) is 0 Å². The van der Waals surface area contributed by atoms with Crippen LogP contribution in [0.25, 0.3) is 0 Å². The average Bonchev–Trinajstić information content (AvgIpc) is 3.30. The Kier molecular flexibility index (Phi) is 4.76. The monoisotopic (exact) mass is 292 g/mol. The molecule has 5 nitrogen and oxygen atoms in total. The summed E-state index contributed by atoms with van der Waals surface area (Å²) < 4.78 is 0. The number of rotatable bonds is 5. The molecule has 1 N–H and O–H groups in total. The highest BCUT2D eigenvalue weighted by atomic mass is 16.4. The fraction of sp³-hybridized carbons (Fsp3) is 0.750. The summed E-state index contributed by atoms with van der Waals surface area (Å²) in [5.74, 6) is 2.41. The van der Waals surface area contributed by atoms with Crippen molar-refractivity contribution in [3.05, 3.63) is 0 Å². The van der Waals surface area contributed by atoms with E-state index in [1.165, 1.54) is 12.8 Å². The van der Waals surface area contributed by atoms with Crippen LogP contribution in [0.3, 0.4) is 0 Å². The van der Waals surface area contributed by atoms with Crippen molar-refractivity contribution in [3.63, 3.8) is 0 Å². The van der Waals surface area contributed by atoms with Gasteiger partial charge < -0.3 is 14.9 Å². The van der Waals surface area contributed by atoms with Crippen LogP contribution in [0, 0.1) is 23.7 Å². The number of amides is 2. The van der Waals surface area contributed by atoms with Crippen LogP contribution in [0.1, 0.15) is 39.0 Å². The minimum atomic E-state index is -0.740. The van der Waals surface area contributed by atoms with Crippen molar-refractivity contribution in [2.45, 2.75) is 39.0 Å². The van der Waals surface area contributed by atoms with Gasteiger partial charge in [0.05, 0.1) is 12.0 Å². The van der Waals surface area contributed by atoms with Gasteiger partial charge in [-0.15, -0.1) is 6.42 Å². The van der Waals surface area contributed by atoms with Gasteiger partial charge in [-0.2, -0.15) is 0 Å². The van der Waals surface area contributed by atoms with Crippen molar-refractivity contribution in [2.24, 2.45) is 11.3 Å². The second kappa shape index (κ2) is 6.38. The van der Waals surface area contributed by atoms with E-state index in [2.05, 4.69) is 5.92 Å². The summed E-state index contributed by atoms with van der Waals surface area (Å²) >= 11 is 0. The van der Waals surface area contributed by atoms with Crippen molar-refractivity contribution in [1.82, 2.24) is 9.80 Å². The van der Waals surface area contributed by atoms with Crippen LogP contribution < -0.4 is 0 Å². The second-order valence-electron chi connectivity index (χ2n) is 6.24. The second-order valence-corrected chi connectivity index (χ2v) is 6.24. The van der Waals surface area contributed by atoms with Gasteiger partial charge in [-0.05, 0) is 38.0 Å². The summed E-state index contributed by atoms with van der Waals surface area (Å²) in [4.78, 5) is 27.5. The van der Waals surface area contributed by atoms with Crippen LogP contribution in [-0.4, -0.2) is 53.1 Å². The van der Waals surface area contributed by atoms with Crippen LogP contribution >= 0.6 is 0 Å². The summed E-state index contributed by atoms with van der Waals surface area (Å²) in [6.07, 6.45) is 9.37. The molecule has 2 aliphatic rings. The Morgan fingerprint density at radius 1 is 1.38 bits per heavy atom. The number of hydrogen-bond donors (Lipinski definition) is 1. The van der Waals surface area contributed by atoms with Gasteiger partial charge in [-0.25, -0.2) is 4.79 Å². The number of carbonyl (C=O) groups is 2. The summed E-state index contributed by atoms with van der Waals surface area (Å²) in [6.45, 7) is 3.99. The van der Waals surface area contributed by atoms with Gasteiger partial charge in [0.15, 0.2) is 0 Å². The van der Waals surface area contributed by atoms with Gasteiger partial charge in [0, 0.05) is 19.6 Å². The van der Waals surface area contributed by atoms with Crippen molar-refractivity contribution in [3.8, 4) is 12.3 Å². The molecule has 0 atom stereocenters. The molecule has 0 aromatic carbocycles. The van der Waals surface area contributed by atoms with E-state index in [0.717, 1.165) is 6.54 Å². The predicted octanol–water partition coefficient (Wildman–Crippen LogP) is 2.03. The van der Waals surface area contributed by atoms with Gasteiger partial charge in [-0.1, -0.05) is 12.8 Å². The SMILES string of the molecule is C#CCN(CC1CC1)C(=O)N1CCC(CC)(C(=O)O)CC1. The first kappa shape index (κ1) is 15.7. The van der Waals surface area contributed by atoms with E-state index in [1.807, 2.05) is 6.92 Å². The predicted molar refractivity (Wildman–Crippen MR) is 79.7 cm³/mol. The molecular weight excluding hydrogens is 268 g/mol. The number of hydrogen-bond acceptors (Lipinski definition) is 2. The Bertz CT molecular complexity index is 443. The van der Waals surface area contributed by atoms with Gasteiger partial charge >= 0.3 is 12.0 Å². The zero-order valence-corrected chi connectivity index (χ0v) is 12.7. The van der Waals surface area contributed by atoms with Crippen molar-refractivity contribution < 1.29 is 14.7 Å². The molecule has 0 unspecified atom stereocenters. The first-order chi connectivity index (χ1) is 10.0. The lowest BCUT2D eigenvalue weighted by Crippen LogP contribution is -2.51. The molecule has 0 bridgehead atoms. The number of carbonyl (C=O) groups excluding carboxylic acids is 1. The molecular formula is C16H24N2O3. The number of nitrogens with zero attached hydrogens (tertiary/aromatic N) is 2. The van der Waals surface area contributed by atoms with E-state index in [0.29, 0.717) is 44.8 Å². The first-order valence-electron chi connectivity index (χ1n) is 7.73. The van der Waals surface area contributed by atoms with E-state index in [9.17, 15) is 14.7 Å². The highest BCUT2D eigenvalue weighted by Gasteiger charge is 2.41. The molecule has 2 amide bonds. The smallest absolute Gasteiger partial charge is 0.320 e. The minimum Gasteiger partial charge on any atom is -0.481 e. The summed E-state index contributed by atoms with van der Waals surface area (Å²) in [5.41, 5.74) is -0.662. The molecule has 1 saturated carbocycles. The number of carboxylic acids is 1. The van der Waals surface area contributed by atoms with Gasteiger partial charge in [0.25, 0.3) is 0 Å². The van der Waals surface area contributed by atoms with Crippen LogP contribution in [-0.2, 0) is 4.79 Å². The van der Waals surface area contributed by atoms with E-state index in [-0.39, 0.29) is 6.03 Å². The molecule has 1 aliphatic heterocycles. The Morgan fingerprint density at radius 2 is 2.00 bits per heavy atom. The molecule has 1 aliphatic carbocycles. The molecule has 116 valence electrons. The zero-order valence-electron chi connectivity index (χ0n) is 12.7. The topological polar surface area (TPSA) is 60.9 Å². The van der Waals surface area contributed by atoms with Crippen molar-refractivity contribution in [1.29, 1.82) is 0 Å². The maximum atomic E-state index is 12.5. The molecule has 0 spiro atoms. The van der Waals surface area contributed by atoms with E-state index in [1.54, 1.807) is 9.80 Å². The maximum Gasteiger partial charge on any atom is 0.320 e. The van der Waals surface area contributed by atoms with E-state index >= 15 is 0 Å². The average molecular weight is 292 g/mol. The molecule has 1 heterocycles.